The van der Waals surface area contributed by atoms with Crippen LogP contribution in [0.15, 0.2) is 30.5 Å². The van der Waals surface area contributed by atoms with Crippen LogP contribution >= 0.6 is 0 Å². The second-order valence-corrected chi connectivity index (χ2v) is 5.48. The number of nitrogens with one attached hydrogen (secondary N) is 1. The van der Waals surface area contributed by atoms with Crippen LogP contribution in [-0.2, 0) is 4.74 Å². The van der Waals surface area contributed by atoms with E-state index in [0.29, 0.717) is 12.0 Å². The van der Waals surface area contributed by atoms with E-state index in [-0.39, 0.29) is 0 Å². The minimum absolute atomic E-state index is 0.410. The number of benzene rings is 1. The molecule has 1 saturated heterocycles. The maximum atomic E-state index is 6.01. The third kappa shape index (κ3) is 2.56. The van der Waals surface area contributed by atoms with E-state index >= 15 is 0 Å². The molecule has 1 aliphatic heterocycles. The lowest BCUT2D eigenvalue weighted by atomic mass is 9.92. The fraction of sp³-hybridized carbons (Fsp3) is 0.438. The zero-order chi connectivity index (χ0) is 13.9. The molecule has 106 valence electrons. The summed E-state index contributed by atoms with van der Waals surface area (Å²) >= 11 is 0. The van der Waals surface area contributed by atoms with Gasteiger partial charge in [-0.1, -0.05) is 0 Å². The van der Waals surface area contributed by atoms with Crippen molar-refractivity contribution in [1.82, 2.24) is 4.98 Å². The number of aromatic nitrogens is 1. The molecule has 4 nitrogen and oxygen atoms in total. The fourth-order valence-electron chi connectivity index (χ4n) is 2.89. The number of pyridine rings is 1. The lowest BCUT2D eigenvalue weighted by molar-refractivity contribution is 0.0622. The second kappa shape index (κ2) is 5.67. The van der Waals surface area contributed by atoms with E-state index in [2.05, 4.69) is 17.2 Å². The molecule has 3 N–H and O–H groups in total. The van der Waals surface area contributed by atoms with Gasteiger partial charge in [0.1, 0.15) is 0 Å². The molecule has 1 aromatic heterocycles. The molecule has 0 aliphatic carbocycles. The Kier molecular flexibility index (Phi) is 3.74. The van der Waals surface area contributed by atoms with Crippen LogP contribution in [0.25, 0.3) is 10.9 Å². The number of fused-ring (bicyclic) bond motifs is 1. The van der Waals surface area contributed by atoms with Gasteiger partial charge in [-0.2, -0.15) is 0 Å². The van der Waals surface area contributed by atoms with Gasteiger partial charge in [-0.25, -0.2) is 0 Å². The quantitative estimate of drug-likeness (QED) is 0.842. The maximum Gasteiger partial charge on any atom is 0.0953 e. The van der Waals surface area contributed by atoms with Crippen LogP contribution in [0.3, 0.4) is 0 Å². The average molecular weight is 271 g/mol. The summed E-state index contributed by atoms with van der Waals surface area (Å²) in [6, 6.07) is 8.32. The topological polar surface area (TPSA) is 60.2 Å². The first kappa shape index (κ1) is 13.2. The van der Waals surface area contributed by atoms with Crippen LogP contribution in [0.5, 0.6) is 0 Å². The number of hydrogen-bond acceptors (Lipinski definition) is 4. The van der Waals surface area contributed by atoms with Gasteiger partial charge >= 0.3 is 0 Å². The lowest BCUT2D eigenvalue weighted by Gasteiger charge is -2.29. The van der Waals surface area contributed by atoms with Gasteiger partial charge in [0.15, 0.2) is 0 Å². The van der Waals surface area contributed by atoms with Crippen LogP contribution in [0, 0.1) is 5.92 Å². The fourth-order valence-corrected chi connectivity index (χ4v) is 2.89. The van der Waals surface area contributed by atoms with Crippen molar-refractivity contribution in [3.63, 3.8) is 0 Å². The zero-order valence-corrected chi connectivity index (χ0v) is 11.8. The molecule has 0 saturated carbocycles. The largest absolute Gasteiger partial charge is 0.398 e. The van der Waals surface area contributed by atoms with Gasteiger partial charge in [-0.3, -0.25) is 4.98 Å². The van der Waals surface area contributed by atoms with Gasteiger partial charge in [0.25, 0.3) is 0 Å². The van der Waals surface area contributed by atoms with Crippen molar-refractivity contribution in [1.29, 1.82) is 0 Å². The molecule has 2 heterocycles. The minimum atomic E-state index is 0.410. The van der Waals surface area contributed by atoms with E-state index < -0.39 is 0 Å². The van der Waals surface area contributed by atoms with Gasteiger partial charge in [-0.05, 0) is 49.9 Å². The number of hydrogen-bond donors (Lipinski definition) is 2. The van der Waals surface area contributed by atoms with Crippen molar-refractivity contribution < 1.29 is 4.74 Å². The molecule has 3 rings (SSSR count). The first-order valence-corrected chi connectivity index (χ1v) is 7.23. The summed E-state index contributed by atoms with van der Waals surface area (Å²) in [5.74, 6) is 0.653. The average Bonchev–Trinajstić information content (AvgIpc) is 2.51. The first-order valence-electron chi connectivity index (χ1n) is 7.23. The molecule has 0 spiro atoms. The molecular weight excluding hydrogens is 250 g/mol. The maximum absolute atomic E-state index is 6.01. The van der Waals surface area contributed by atoms with Crippen molar-refractivity contribution in [2.45, 2.75) is 25.8 Å². The highest BCUT2D eigenvalue weighted by atomic mass is 16.5. The van der Waals surface area contributed by atoms with Crippen molar-refractivity contribution in [2.24, 2.45) is 5.92 Å². The van der Waals surface area contributed by atoms with Crippen LogP contribution < -0.4 is 11.1 Å². The highest BCUT2D eigenvalue weighted by Crippen LogP contribution is 2.29. The smallest absolute Gasteiger partial charge is 0.0953 e. The van der Waals surface area contributed by atoms with Gasteiger partial charge < -0.3 is 15.8 Å². The molecule has 0 amide bonds. The van der Waals surface area contributed by atoms with Crippen molar-refractivity contribution in [3.05, 3.63) is 30.5 Å². The molecule has 2 aromatic rings. The molecule has 1 aliphatic rings. The third-order valence-corrected chi connectivity index (χ3v) is 4.16. The number of anilines is 2. The van der Waals surface area contributed by atoms with Crippen LogP contribution in [0.1, 0.15) is 19.8 Å². The van der Waals surface area contributed by atoms with Gasteiger partial charge in [0, 0.05) is 36.5 Å². The molecule has 20 heavy (non-hydrogen) atoms. The van der Waals surface area contributed by atoms with E-state index in [1.165, 1.54) is 0 Å². The highest BCUT2D eigenvalue weighted by molar-refractivity contribution is 5.98. The summed E-state index contributed by atoms with van der Waals surface area (Å²) in [6.07, 6.45) is 4.05. The highest BCUT2D eigenvalue weighted by Gasteiger charge is 2.21. The monoisotopic (exact) mass is 271 g/mol. The van der Waals surface area contributed by atoms with Gasteiger partial charge in [0.2, 0.25) is 0 Å². The van der Waals surface area contributed by atoms with Crippen molar-refractivity contribution in [2.75, 3.05) is 24.3 Å². The number of rotatable bonds is 3. The predicted octanol–water partition coefficient (Wildman–Crippen LogP) is 3.04. The normalized spacial score (nSPS) is 18.1. The van der Waals surface area contributed by atoms with Crippen molar-refractivity contribution >= 4 is 22.3 Å². The van der Waals surface area contributed by atoms with Crippen LogP contribution in [-0.4, -0.2) is 24.2 Å². The van der Waals surface area contributed by atoms with Gasteiger partial charge in [-0.15, -0.1) is 0 Å². The molecule has 1 aromatic carbocycles. The van der Waals surface area contributed by atoms with E-state index in [0.717, 1.165) is 48.3 Å². The Balaban J connectivity index is 1.85. The predicted molar refractivity (Wildman–Crippen MR) is 82.8 cm³/mol. The third-order valence-electron chi connectivity index (χ3n) is 4.16. The first-order chi connectivity index (χ1) is 9.75. The van der Waals surface area contributed by atoms with Crippen molar-refractivity contribution in [3.8, 4) is 0 Å². The summed E-state index contributed by atoms with van der Waals surface area (Å²) in [5, 5.41) is 4.62. The van der Waals surface area contributed by atoms with E-state index in [4.69, 9.17) is 10.5 Å². The van der Waals surface area contributed by atoms with E-state index in [1.807, 2.05) is 30.5 Å². The molecule has 0 bridgehead atoms. The molecule has 4 heteroatoms. The Morgan fingerprint density at radius 2 is 2.10 bits per heavy atom. The van der Waals surface area contributed by atoms with Crippen LogP contribution in [0.4, 0.5) is 11.4 Å². The number of nitrogens with two attached hydrogens (primary N) is 1. The second-order valence-electron chi connectivity index (χ2n) is 5.48. The summed E-state index contributed by atoms with van der Waals surface area (Å²) in [7, 11) is 0. The Bertz CT molecular complexity index is 593. The standard InChI is InChI=1S/C16H21N3O/c1-11(12-6-9-20-10-7-12)19-15-5-4-14(17)13-3-2-8-18-16(13)15/h2-5,8,11-12,19H,6-7,9-10,17H2,1H3. The van der Waals surface area contributed by atoms with E-state index in [9.17, 15) is 0 Å². The minimum Gasteiger partial charge on any atom is -0.398 e. The lowest BCUT2D eigenvalue weighted by Crippen LogP contribution is -2.31. The molecule has 1 fully saturated rings. The molecular formula is C16H21N3O. The molecule has 1 atom stereocenters. The molecule has 1 unspecified atom stereocenters. The van der Waals surface area contributed by atoms with Gasteiger partial charge in [0.05, 0.1) is 11.2 Å². The number of ether oxygens (including phenoxy) is 1. The Morgan fingerprint density at radius 1 is 1.30 bits per heavy atom. The zero-order valence-electron chi connectivity index (χ0n) is 11.8. The Morgan fingerprint density at radius 3 is 2.90 bits per heavy atom. The Labute approximate surface area is 119 Å². The summed E-state index contributed by atoms with van der Waals surface area (Å²) < 4.78 is 5.43. The summed E-state index contributed by atoms with van der Waals surface area (Å²) in [4.78, 5) is 4.47. The van der Waals surface area contributed by atoms with E-state index in [1.54, 1.807) is 0 Å². The number of nitrogens with zero attached hydrogens (tertiary/aromatic N) is 1. The van der Waals surface area contributed by atoms with Crippen LogP contribution in [0.2, 0.25) is 0 Å². The summed E-state index contributed by atoms with van der Waals surface area (Å²) in [5.41, 5.74) is 8.80. The molecule has 0 radical (unpaired) electrons. The SMILES string of the molecule is CC(Nc1ccc(N)c2cccnc12)C1CCOCC1. The number of nitrogen functional groups attached to an aromatic ring is 1. The Hall–Kier alpha value is -1.81. The summed E-state index contributed by atoms with van der Waals surface area (Å²) in [6.45, 7) is 3.98.